The number of aliphatic hydroxyl groups excluding tert-OH is 1. The van der Waals surface area contributed by atoms with Crippen molar-refractivity contribution in [2.45, 2.75) is 44.9 Å². The van der Waals surface area contributed by atoms with Crippen LogP contribution in [0.2, 0.25) is 0 Å². The van der Waals surface area contributed by atoms with Crippen molar-refractivity contribution in [3.05, 3.63) is 33.9 Å². The molecule has 1 fully saturated rings. The first-order chi connectivity index (χ1) is 11.3. The van der Waals surface area contributed by atoms with Crippen LogP contribution in [0.5, 0.6) is 0 Å². The number of piperazine rings is 1. The number of hydrogen-bond donors (Lipinski definition) is 3. The number of nitrogens with one attached hydrogen (secondary N) is 2. The molecule has 0 saturated carbocycles. The minimum absolute atomic E-state index is 0.340. The van der Waals surface area contributed by atoms with Crippen molar-refractivity contribution in [1.29, 1.82) is 0 Å². The van der Waals surface area contributed by atoms with Gasteiger partial charge >= 0.3 is 0 Å². The summed E-state index contributed by atoms with van der Waals surface area (Å²) in [6.45, 7) is 7.64. The van der Waals surface area contributed by atoms with E-state index in [2.05, 4.69) is 6.07 Å². The van der Waals surface area contributed by atoms with E-state index in [0.717, 1.165) is 6.54 Å². The van der Waals surface area contributed by atoms with E-state index in [4.69, 9.17) is 5.11 Å². The van der Waals surface area contributed by atoms with Crippen LogP contribution in [-0.2, 0) is 32.1 Å². The van der Waals surface area contributed by atoms with Crippen molar-refractivity contribution in [2.75, 3.05) is 45.9 Å². The Bertz CT molecular complexity index is 529. The highest BCUT2D eigenvalue weighted by Crippen LogP contribution is 2.35. The van der Waals surface area contributed by atoms with E-state index in [1.807, 2.05) is 0 Å². The molecule has 23 heavy (non-hydrogen) atoms. The highest BCUT2D eigenvalue weighted by molar-refractivity contribution is 5.50. The average Bonchev–Trinajstić information content (AvgIpc) is 3.21. The van der Waals surface area contributed by atoms with Gasteiger partial charge in [-0.05, 0) is 66.3 Å². The molecule has 4 rings (SSSR count). The summed E-state index contributed by atoms with van der Waals surface area (Å²) in [5.74, 6) is 0. The van der Waals surface area contributed by atoms with Gasteiger partial charge in [-0.2, -0.15) is 0 Å². The average molecular weight is 316 g/mol. The lowest BCUT2D eigenvalue weighted by molar-refractivity contribution is -1.01. The van der Waals surface area contributed by atoms with Gasteiger partial charge < -0.3 is 14.9 Å². The Hall–Kier alpha value is -0.900. The zero-order valence-corrected chi connectivity index (χ0v) is 14.4. The van der Waals surface area contributed by atoms with Gasteiger partial charge in [0.25, 0.3) is 0 Å². The predicted molar refractivity (Wildman–Crippen MR) is 92.4 cm³/mol. The first kappa shape index (κ1) is 15.6. The number of aryl methyl sites for hydroxylation is 2. The number of hydrogen-bond acceptors (Lipinski definition) is 1. The Morgan fingerprint density at radius 3 is 1.91 bits per heavy atom. The summed E-state index contributed by atoms with van der Waals surface area (Å²) in [5, 5.41) is 9.09. The molecule has 0 atom stereocenters. The van der Waals surface area contributed by atoms with Gasteiger partial charge in [-0.3, -0.25) is 0 Å². The molecule has 3 nitrogen and oxygen atoms in total. The second-order valence-electron chi connectivity index (χ2n) is 7.81. The number of quaternary nitrogens is 2. The molecule has 0 aromatic heterocycles. The van der Waals surface area contributed by atoms with Crippen LogP contribution in [0.4, 0.5) is 0 Å². The Morgan fingerprint density at radius 1 is 0.783 bits per heavy atom. The summed E-state index contributed by atoms with van der Waals surface area (Å²) in [4.78, 5) is 3.38. The molecule has 0 unspecified atom stereocenters. The summed E-state index contributed by atoms with van der Waals surface area (Å²) in [7, 11) is 0. The molecule has 1 aliphatic heterocycles. The van der Waals surface area contributed by atoms with Gasteiger partial charge in [0.2, 0.25) is 0 Å². The van der Waals surface area contributed by atoms with Gasteiger partial charge in [-0.1, -0.05) is 6.07 Å². The van der Waals surface area contributed by atoms with Crippen LogP contribution >= 0.6 is 0 Å². The minimum atomic E-state index is 0.340. The van der Waals surface area contributed by atoms with E-state index in [1.54, 1.807) is 37.6 Å². The van der Waals surface area contributed by atoms with Crippen LogP contribution in [0.15, 0.2) is 6.07 Å². The first-order valence-corrected chi connectivity index (χ1v) is 9.78. The fourth-order valence-electron chi connectivity index (χ4n) is 5.15. The van der Waals surface area contributed by atoms with Crippen molar-refractivity contribution in [1.82, 2.24) is 0 Å². The highest BCUT2D eigenvalue weighted by atomic mass is 16.3. The molecule has 3 N–H and O–H groups in total. The molecule has 0 amide bonds. The smallest absolute Gasteiger partial charge is 0.127 e. The van der Waals surface area contributed by atoms with E-state index in [-0.39, 0.29) is 0 Å². The van der Waals surface area contributed by atoms with Gasteiger partial charge in [0.15, 0.2) is 0 Å². The van der Waals surface area contributed by atoms with E-state index >= 15 is 0 Å². The van der Waals surface area contributed by atoms with Crippen molar-refractivity contribution in [3.8, 4) is 0 Å². The van der Waals surface area contributed by atoms with Crippen LogP contribution in [-0.4, -0.2) is 51.0 Å². The maximum absolute atomic E-state index is 9.09. The van der Waals surface area contributed by atoms with E-state index in [9.17, 15) is 0 Å². The quantitative estimate of drug-likeness (QED) is 0.638. The number of fused-ring (bicyclic) bond motifs is 2. The van der Waals surface area contributed by atoms with Gasteiger partial charge in [0, 0.05) is 6.42 Å². The van der Waals surface area contributed by atoms with Crippen molar-refractivity contribution < 1.29 is 14.9 Å². The van der Waals surface area contributed by atoms with E-state index in [0.29, 0.717) is 6.61 Å². The summed E-state index contributed by atoms with van der Waals surface area (Å²) in [5.41, 5.74) is 8.63. The third kappa shape index (κ3) is 3.19. The first-order valence-electron chi connectivity index (χ1n) is 9.78. The number of benzene rings is 1. The van der Waals surface area contributed by atoms with Crippen LogP contribution in [0, 0.1) is 0 Å². The second-order valence-corrected chi connectivity index (χ2v) is 7.81. The lowest BCUT2D eigenvalue weighted by Gasteiger charge is -2.29. The third-order valence-electron chi connectivity index (χ3n) is 6.46. The molecule has 1 saturated heterocycles. The van der Waals surface area contributed by atoms with Gasteiger partial charge in [0.1, 0.15) is 32.7 Å². The summed E-state index contributed by atoms with van der Waals surface area (Å²) >= 11 is 0. The van der Waals surface area contributed by atoms with Gasteiger partial charge in [-0.25, -0.2) is 0 Å². The maximum Gasteiger partial charge on any atom is 0.127 e. The SMILES string of the molecule is OCC[NH+]1CC[NH+](CCc2c3c(cc4c2CCC4)CCC3)CC1. The Labute approximate surface area is 140 Å². The molecular formula is C20H32N2O+2. The maximum atomic E-state index is 9.09. The topological polar surface area (TPSA) is 29.1 Å². The highest BCUT2D eigenvalue weighted by Gasteiger charge is 2.26. The second kappa shape index (κ2) is 6.92. The fraction of sp³-hybridized carbons (Fsp3) is 0.700. The lowest BCUT2D eigenvalue weighted by Crippen LogP contribution is -3.28. The molecule has 126 valence electrons. The molecule has 2 aliphatic carbocycles. The molecule has 0 radical (unpaired) electrons. The summed E-state index contributed by atoms with van der Waals surface area (Å²) in [6.07, 6.45) is 9.37. The van der Waals surface area contributed by atoms with Crippen molar-refractivity contribution >= 4 is 0 Å². The fourth-order valence-corrected chi connectivity index (χ4v) is 5.15. The molecule has 1 aromatic rings. The van der Waals surface area contributed by atoms with Gasteiger partial charge in [-0.15, -0.1) is 0 Å². The molecule has 1 aromatic carbocycles. The van der Waals surface area contributed by atoms with Crippen LogP contribution in [0.25, 0.3) is 0 Å². The molecule has 3 aliphatic rings. The standard InChI is InChI=1S/C20H30N2O/c23-14-13-22-11-9-21(10-12-22)8-7-20-18-5-1-3-16(18)15-17-4-2-6-19(17)20/h15,23H,1-14H2/p+2. The summed E-state index contributed by atoms with van der Waals surface area (Å²) in [6, 6.07) is 2.55. The van der Waals surface area contributed by atoms with E-state index in [1.165, 1.54) is 77.7 Å². The van der Waals surface area contributed by atoms with Crippen LogP contribution in [0.3, 0.4) is 0 Å². The normalized spacial score (nSPS) is 26.3. The lowest BCUT2D eigenvalue weighted by atomic mass is 9.92. The third-order valence-corrected chi connectivity index (χ3v) is 6.46. The van der Waals surface area contributed by atoms with Crippen LogP contribution in [0.1, 0.15) is 40.7 Å². The van der Waals surface area contributed by atoms with E-state index < -0.39 is 0 Å². The van der Waals surface area contributed by atoms with Crippen molar-refractivity contribution in [2.24, 2.45) is 0 Å². The van der Waals surface area contributed by atoms with Crippen LogP contribution < -0.4 is 9.80 Å². The number of rotatable bonds is 5. The molecule has 0 spiro atoms. The minimum Gasteiger partial charge on any atom is -0.391 e. The zero-order chi connectivity index (χ0) is 15.6. The zero-order valence-electron chi connectivity index (χ0n) is 14.4. The summed E-state index contributed by atoms with van der Waals surface area (Å²) < 4.78 is 0. The largest absolute Gasteiger partial charge is 0.391 e. The Kier molecular flexibility index (Phi) is 4.70. The Morgan fingerprint density at radius 2 is 1.35 bits per heavy atom. The van der Waals surface area contributed by atoms with Crippen molar-refractivity contribution in [3.63, 3.8) is 0 Å². The molecule has 3 heteroatoms. The Balaban J connectivity index is 1.42. The van der Waals surface area contributed by atoms with Gasteiger partial charge in [0.05, 0.1) is 13.2 Å². The molecular weight excluding hydrogens is 284 g/mol. The predicted octanol–water partition coefficient (Wildman–Crippen LogP) is -1.02. The molecule has 0 bridgehead atoms. The molecule has 1 heterocycles. The number of aliphatic hydroxyl groups is 1. The monoisotopic (exact) mass is 316 g/mol.